The van der Waals surface area contributed by atoms with Crippen molar-refractivity contribution in [3.8, 4) is 0 Å². The van der Waals surface area contributed by atoms with E-state index in [4.69, 9.17) is 5.73 Å². The molecule has 2 N–H and O–H groups in total. The van der Waals surface area contributed by atoms with Crippen molar-refractivity contribution in [1.29, 1.82) is 0 Å². The molecule has 0 aliphatic carbocycles. The van der Waals surface area contributed by atoms with Crippen molar-refractivity contribution in [3.05, 3.63) is 0 Å². The Morgan fingerprint density at radius 1 is 1.21 bits per heavy atom. The molecule has 14 heavy (non-hydrogen) atoms. The number of amides is 1. The molecule has 80 valence electrons. The van der Waals surface area contributed by atoms with E-state index in [1.807, 2.05) is 6.92 Å². The molecular formula is C11H24CsNO. The molecule has 0 saturated carbocycles. The number of primary amides is 1. The summed E-state index contributed by atoms with van der Waals surface area (Å²) in [4.78, 5) is 10.9. The van der Waals surface area contributed by atoms with E-state index in [1.165, 1.54) is 25.7 Å². The summed E-state index contributed by atoms with van der Waals surface area (Å²) in [6.45, 7) is 4.24. The van der Waals surface area contributed by atoms with Crippen molar-refractivity contribution < 1.29 is 75.1 Å². The summed E-state index contributed by atoms with van der Waals surface area (Å²) in [6, 6.07) is 0. The number of unbranched alkanes of at least 4 members (excludes halogenated alkanes) is 4. The molecule has 0 saturated heterocycles. The van der Waals surface area contributed by atoms with Gasteiger partial charge in [0, 0.05) is 5.92 Å². The molecule has 0 rings (SSSR count). The van der Waals surface area contributed by atoms with Gasteiger partial charge < -0.3 is 7.16 Å². The minimum atomic E-state index is -0.127. The topological polar surface area (TPSA) is 43.1 Å². The van der Waals surface area contributed by atoms with Crippen LogP contribution >= 0.6 is 0 Å². The first kappa shape index (κ1) is 17.9. The average molecular weight is 319 g/mol. The van der Waals surface area contributed by atoms with Crippen LogP contribution in [0.25, 0.3) is 0 Å². The summed E-state index contributed by atoms with van der Waals surface area (Å²) >= 11 is 0. The van der Waals surface area contributed by atoms with Gasteiger partial charge in [0.25, 0.3) is 0 Å². The van der Waals surface area contributed by atoms with Gasteiger partial charge in [0.05, 0.1) is 0 Å². The number of rotatable bonds is 8. The van der Waals surface area contributed by atoms with Gasteiger partial charge in [0.1, 0.15) is 0 Å². The molecule has 0 aromatic rings. The summed E-state index contributed by atoms with van der Waals surface area (Å²) < 4.78 is 0. The molecule has 0 bridgehead atoms. The van der Waals surface area contributed by atoms with Gasteiger partial charge in [-0.15, -0.1) is 0 Å². The van der Waals surface area contributed by atoms with Crippen molar-refractivity contribution in [3.63, 3.8) is 0 Å². The molecule has 0 aliphatic heterocycles. The third-order valence-electron chi connectivity index (χ3n) is 2.55. The fourth-order valence-electron chi connectivity index (χ4n) is 1.54. The van der Waals surface area contributed by atoms with Crippen LogP contribution in [0.1, 0.15) is 60.2 Å². The zero-order valence-electron chi connectivity index (χ0n) is 11.0. The van der Waals surface area contributed by atoms with Crippen LogP contribution in [0.15, 0.2) is 0 Å². The fraction of sp³-hybridized carbons (Fsp3) is 0.909. The Hall–Kier alpha value is 1.52. The normalized spacial score (nSPS) is 11.9. The minimum absolute atomic E-state index is 0. The first-order valence-corrected chi connectivity index (χ1v) is 5.51. The van der Waals surface area contributed by atoms with Gasteiger partial charge in [-0.1, -0.05) is 46.0 Å². The number of hydrogen-bond donors (Lipinski definition) is 1. The Labute approximate surface area is 149 Å². The summed E-state index contributed by atoms with van der Waals surface area (Å²) in [5.74, 6) is -0.0142. The van der Waals surface area contributed by atoms with Gasteiger partial charge >= 0.3 is 68.9 Å². The van der Waals surface area contributed by atoms with Crippen LogP contribution in [-0.4, -0.2) is 5.91 Å². The molecule has 1 atom stereocenters. The molecule has 0 aromatic heterocycles. The quantitative estimate of drug-likeness (QED) is 0.628. The summed E-state index contributed by atoms with van der Waals surface area (Å²) in [5.41, 5.74) is 5.25. The first-order chi connectivity index (χ1) is 6.22. The molecule has 0 radical (unpaired) electrons. The van der Waals surface area contributed by atoms with E-state index in [-0.39, 0.29) is 82.1 Å². The molecule has 0 aliphatic rings. The second kappa shape index (κ2) is 12.6. The van der Waals surface area contributed by atoms with Crippen LogP contribution in [0.5, 0.6) is 0 Å². The Bertz CT molecular complexity index is 145. The Kier molecular flexibility index (Phi) is 16.1. The maximum atomic E-state index is 10.9. The maximum absolute atomic E-state index is 10.9. The number of carbonyl (C=O) groups excluding carboxylic acids is 1. The molecule has 0 spiro atoms. The Morgan fingerprint density at radius 3 is 2.21 bits per heavy atom. The maximum Gasteiger partial charge on any atom is 1.00 e. The van der Waals surface area contributed by atoms with Crippen molar-refractivity contribution in [2.24, 2.45) is 11.7 Å². The molecule has 1 unspecified atom stereocenters. The third kappa shape index (κ3) is 10.1. The van der Waals surface area contributed by atoms with Crippen LogP contribution in [0.3, 0.4) is 0 Å². The van der Waals surface area contributed by atoms with E-state index in [2.05, 4.69) is 6.92 Å². The first-order valence-electron chi connectivity index (χ1n) is 5.51. The fourth-order valence-corrected chi connectivity index (χ4v) is 1.54. The van der Waals surface area contributed by atoms with Gasteiger partial charge in [-0.2, -0.15) is 0 Å². The van der Waals surface area contributed by atoms with E-state index in [0.29, 0.717) is 0 Å². The predicted octanol–water partition coefficient (Wildman–Crippen LogP) is -0.0251. The van der Waals surface area contributed by atoms with Crippen molar-refractivity contribution >= 4 is 5.91 Å². The van der Waals surface area contributed by atoms with Gasteiger partial charge in [-0.05, 0) is 12.8 Å². The molecule has 0 aromatic carbocycles. The van der Waals surface area contributed by atoms with Crippen LogP contribution in [0.2, 0.25) is 0 Å². The van der Waals surface area contributed by atoms with E-state index in [1.54, 1.807) is 0 Å². The van der Waals surface area contributed by atoms with Crippen LogP contribution in [0, 0.1) is 5.92 Å². The third-order valence-corrected chi connectivity index (χ3v) is 2.55. The van der Waals surface area contributed by atoms with E-state index < -0.39 is 0 Å². The number of nitrogens with two attached hydrogens (primary N) is 1. The molecule has 0 heterocycles. The van der Waals surface area contributed by atoms with Crippen LogP contribution < -0.4 is 74.6 Å². The zero-order chi connectivity index (χ0) is 10.1. The number of hydrogen-bond acceptors (Lipinski definition) is 1. The standard InChI is InChI=1S/C11H23NO.Cs.H/c1-3-5-6-7-8-9-10(4-2)11(12)13;;/h10H,3-9H2,1-2H3,(H2,12,13);;/q;+1;-1. The number of carbonyl (C=O) groups is 1. The van der Waals surface area contributed by atoms with Gasteiger partial charge in [-0.3, -0.25) is 4.79 Å². The minimum Gasteiger partial charge on any atom is -1.00 e. The summed E-state index contributed by atoms with van der Waals surface area (Å²) in [5, 5.41) is 0. The van der Waals surface area contributed by atoms with Crippen LogP contribution in [-0.2, 0) is 4.79 Å². The van der Waals surface area contributed by atoms with Crippen molar-refractivity contribution in [2.45, 2.75) is 58.8 Å². The molecule has 3 heteroatoms. The largest absolute Gasteiger partial charge is 1.00 e. The van der Waals surface area contributed by atoms with Crippen molar-refractivity contribution in [2.75, 3.05) is 0 Å². The molecule has 1 amide bonds. The van der Waals surface area contributed by atoms with Crippen LogP contribution in [0.4, 0.5) is 0 Å². The Morgan fingerprint density at radius 2 is 1.79 bits per heavy atom. The second-order valence-corrected chi connectivity index (χ2v) is 3.71. The van der Waals surface area contributed by atoms with Gasteiger partial charge in [0.2, 0.25) is 5.91 Å². The molecule has 0 fully saturated rings. The average Bonchev–Trinajstić information content (AvgIpc) is 2.10. The predicted molar refractivity (Wildman–Crippen MR) is 57.5 cm³/mol. The summed E-state index contributed by atoms with van der Waals surface area (Å²) in [7, 11) is 0. The molecular weight excluding hydrogens is 295 g/mol. The Balaban J connectivity index is -0.000000720. The van der Waals surface area contributed by atoms with Crippen molar-refractivity contribution in [1.82, 2.24) is 0 Å². The molecule has 2 nitrogen and oxygen atoms in total. The SMILES string of the molecule is CCCCCCCC(CC)C(N)=O.[Cs+].[H-]. The van der Waals surface area contributed by atoms with Gasteiger partial charge in [0.15, 0.2) is 0 Å². The smallest absolute Gasteiger partial charge is 1.00 e. The summed E-state index contributed by atoms with van der Waals surface area (Å²) in [6.07, 6.45) is 8.16. The van der Waals surface area contributed by atoms with E-state index in [0.717, 1.165) is 19.3 Å². The second-order valence-electron chi connectivity index (χ2n) is 3.71. The van der Waals surface area contributed by atoms with Gasteiger partial charge in [-0.25, -0.2) is 0 Å². The van der Waals surface area contributed by atoms with E-state index in [9.17, 15) is 4.79 Å². The monoisotopic (exact) mass is 319 g/mol. The van der Waals surface area contributed by atoms with E-state index >= 15 is 0 Å². The zero-order valence-corrected chi connectivity index (χ0v) is 16.3.